The molecule has 12 heavy (non-hydrogen) atoms. The highest BCUT2D eigenvalue weighted by molar-refractivity contribution is 5.50. The molecule has 0 aliphatic heterocycles. The second-order valence-corrected chi connectivity index (χ2v) is 2.32. The summed E-state index contributed by atoms with van der Waals surface area (Å²) < 4.78 is 9.86. The first-order chi connectivity index (χ1) is 5.86. The van der Waals surface area contributed by atoms with Crippen molar-refractivity contribution in [2.24, 2.45) is 0 Å². The van der Waals surface area contributed by atoms with E-state index in [1.54, 1.807) is 20.5 Å². The second kappa shape index (κ2) is 4.44. The third-order valence-corrected chi connectivity index (χ3v) is 1.49. The SMILES string of the molecule is CO/C=C/c1cccc(OC)c1. The van der Waals surface area contributed by atoms with E-state index in [1.807, 2.05) is 30.3 Å². The molecule has 2 heteroatoms. The summed E-state index contributed by atoms with van der Waals surface area (Å²) in [6.45, 7) is 0. The molecule has 1 aromatic rings. The monoisotopic (exact) mass is 164 g/mol. The van der Waals surface area contributed by atoms with Gasteiger partial charge in [0.2, 0.25) is 0 Å². The Balaban J connectivity index is 2.79. The lowest BCUT2D eigenvalue weighted by Gasteiger charge is -1.99. The minimum atomic E-state index is 0.855. The summed E-state index contributed by atoms with van der Waals surface area (Å²) in [4.78, 5) is 0. The molecule has 0 amide bonds. The Morgan fingerprint density at radius 1 is 1.25 bits per heavy atom. The molecular weight excluding hydrogens is 152 g/mol. The summed E-state index contributed by atoms with van der Waals surface area (Å²) in [6, 6.07) is 7.77. The molecule has 0 fully saturated rings. The van der Waals surface area contributed by atoms with Crippen molar-refractivity contribution >= 4 is 6.08 Å². The average Bonchev–Trinajstić information content (AvgIpc) is 2.15. The fourth-order valence-electron chi connectivity index (χ4n) is 0.892. The van der Waals surface area contributed by atoms with Gasteiger partial charge in [-0.1, -0.05) is 12.1 Å². The number of ether oxygens (including phenoxy) is 2. The van der Waals surface area contributed by atoms with E-state index in [4.69, 9.17) is 9.47 Å². The molecular formula is C10H12O2. The van der Waals surface area contributed by atoms with Gasteiger partial charge >= 0.3 is 0 Å². The van der Waals surface area contributed by atoms with Crippen molar-refractivity contribution in [2.45, 2.75) is 0 Å². The topological polar surface area (TPSA) is 18.5 Å². The van der Waals surface area contributed by atoms with E-state index >= 15 is 0 Å². The highest BCUT2D eigenvalue weighted by Crippen LogP contribution is 2.13. The lowest BCUT2D eigenvalue weighted by molar-refractivity contribution is 0.341. The molecule has 0 aromatic heterocycles. The van der Waals surface area contributed by atoms with Crippen LogP contribution in [0, 0.1) is 0 Å². The maximum absolute atomic E-state index is 5.06. The molecule has 1 rings (SSSR count). The van der Waals surface area contributed by atoms with E-state index in [2.05, 4.69) is 0 Å². The first-order valence-electron chi connectivity index (χ1n) is 3.70. The first-order valence-corrected chi connectivity index (χ1v) is 3.70. The minimum Gasteiger partial charge on any atom is -0.504 e. The smallest absolute Gasteiger partial charge is 0.119 e. The van der Waals surface area contributed by atoms with Crippen LogP contribution in [0.2, 0.25) is 0 Å². The largest absolute Gasteiger partial charge is 0.504 e. The molecule has 64 valence electrons. The summed E-state index contributed by atoms with van der Waals surface area (Å²) in [5.41, 5.74) is 1.07. The zero-order chi connectivity index (χ0) is 8.81. The molecule has 0 heterocycles. The third kappa shape index (κ3) is 2.31. The van der Waals surface area contributed by atoms with Gasteiger partial charge in [0.1, 0.15) is 5.75 Å². The zero-order valence-electron chi connectivity index (χ0n) is 7.28. The second-order valence-electron chi connectivity index (χ2n) is 2.32. The van der Waals surface area contributed by atoms with Crippen molar-refractivity contribution in [1.82, 2.24) is 0 Å². The average molecular weight is 164 g/mol. The van der Waals surface area contributed by atoms with Crippen LogP contribution in [0.25, 0.3) is 6.08 Å². The van der Waals surface area contributed by atoms with Gasteiger partial charge in [0.15, 0.2) is 0 Å². The molecule has 0 unspecified atom stereocenters. The van der Waals surface area contributed by atoms with Gasteiger partial charge in [0.05, 0.1) is 20.5 Å². The van der Waals surface area contributed by atoms with Crippen LogP contribution in [-0.4, -0.2) is 14.2 Å². The van der Waals surface area contributed by atoms with Crippen LogP contribution in [0.3, 0.4) is 0 Å². The van der Waals surface area contributed by atoms with Gasteiger partial charge in [-0.05, 0) is 23.8 Å². The molecule has 0 saturated carbocycles. The minimum absolute atomic E-state index is 0.855. The quantitative estimate of drug-likeness (QED) is 0.638. The van der Waals surface area contributed by atoms with Crippen molar-refractivity contribution in [3.05, 3.63) is 36.1 Å². The maximum atomic E-state index is 5.06. The van der Waals surface area contributed by atoms with Crippen LogP contribution >= 0.6 is 0 Å². The number of hydrogen-bond acceptors (Lipinski definition) is 2. The van der Waals surface area contributed by atoms with E-state index in [9.17, 15) is 0 Å². The summed E-state index contributed by atoms with van der Waals surface area (Å²) in [6.07, 6.45) is 3.51. The van der Waals surface area contributed by atoms with Gasteiger partial charge < -0.3 is 9.47 Å². The predicted octanol–water partition coefficient (Wildman–Crippen LogP) is 2.31. The van der Waals surface area contributed by atoms with Crippen LogP contribution in [0.5, 0.6) is 5.75 Å². The molecule has 1 aromatic carbocycles. The Morgan fingerprint density at radius 3 is 2.75 bits per heavy atom. The fraction of sp³-hybridized carbons (Fsp3) is 0.200. The highest BCUT2D eigenvalue weighted by Gasteiger charge is 1.90. The standard InChI is InChI=1S/C10H12O2/c1-11-7-6-9-4-3-5-10(8-9)12-2/h3-8H,1-2H3/b7-6+. The van der Waals surface area contributed by atoms with Crippen molar-refractivity contribution in [1.29, 1.82) is 0 Å². The van der Waals surface area contributed by atoms with Crippen molar-refractivity contribution < 1.29 is 9.47 Å². The summed E-state index contributed by atoms with van der Waals surface area (Å²) in [7, 11) is 3.27. The van der Waals surface area contributed by atoms with Gasteiger partial charge in [-0.2, -0.15) is 0 Å². The molecule has 0 atom stereocenters. The van der Waals surface area contributed by atoms with Crippen LogP contribution < -0.4 is 4.74 Å². The molecule has 2 nitrogen and oxygen atoms in total. The molecule has 0 bridgehead atoms. The van der Waals surface area contributed by atoms with Crippen molar-refractivity contribution in [2.75, 3.05) is 14.2 Å². The molecule has 0 saturated heterocycles. The summed E-state index contributed by atoms with van der Waals surface area (Å²) in [5.74, 6) is 0.855. The van der Waals surface area contributed by atoms with Gasteiger partial charge in [0.25, 0.3) is 0 Å². The summed E-state index contributed by atoms with van der Waals surface area (Å²) in [5, 5.41) is 0. The van der Waals surface area contributed by atoms with E-state index in [1.165, 1.54) is 0 Å². The first kappa shape index (κ1) is 8.65. The summed E-state index contributed by atoms with van der Waals surface area (Å²) >= 11 is 0. The molecule has 0 N–H and O–H groups in total. The van der Waals surface area contributed by atoms with E-state index in [-0.39, 0.29) is 0 Å². The Kier molecular flexibility index (Phi) is 3.20. The van der Waals surface area contributed by atoms with E-state index in [0.29, 0.717) is 0 Å². The van der Waals surface area contributed by atoms with Crippen molar-refractivity contribution in [3.63, 3.8) is 0 Å². The number of methoxy groups -OCH3 is 2. The lowest BCUT2D eigenvalue weighted by Crippen LogP contribution is -1.82. The van der Waals surface area contributed by atoms with E-state index in [0.717, 1.165) is 11.3 Å². The number of benzene rings is 1. The Morgan fingerprint density at radius 2 is 2.08 bits per heavy atom. The third-order valence-electron chi connectivity index (χ3n) is 1.49. The normalized spacial score (nSPS) is 10.2. The van der Waals surface area contributed by atoms with E-state index < -0.39 is 0 Å². The Bertz CT molecular complexity index is 266. The number of hydrogen-bond donors (Lipinski definition) is 0. The van der Waals surface area contributed by atoms with Crippen LogP contribution in [0.15, 0.2) is 30.5 Å². The zero-order valence-corrected chi connectivity index (χ0v) is 7.28. The van der Waals surface area contributed by atoms with Gasteiger partial charge in [0, 0.05) is 0 Å². The van der Waals surface area contributed by atoms with Crippen LogP contribution in [0.1, 0.15) is 5.56 Å². The van der Waals surface area contributed by atoms with Gasteiger partial charge in [-0.25, -0.2) is 0 Å². The van der Waals surface area contributed by atoms with Crippen molar-refractivity contribution in [3.8, 4) is 5.75 Å². The molecule has 0 aliphatic rings. The maximum Gasteiger partial charge on any atom is 0.119 e. The van der Waals surface area contributed by atoms with Gasteiger partial charge in [-0.3, -0.25) is 0 Å². The van der Waals surface area contributed by atoms with Gasteiger partial charge in [-0.15, -0.1) is 0 Å². The molecule has 0 radical (unpaired) electrons. The lowest BCUT2D eigenvalue weighted by atomic mass is 10.2. The highest BCUT2D eigenvalue weighted by atomic mass is 16.5. The van der Waals surface area contributed by atoms with Crippen LogP contribution in [-0.2, 0) is 4.74 Å². The molecule has 0 spiro atoms. The number of rotatable bonds is 3. The fourth-order valence-corrected chi connectivity index (χ4v) is 0.892. The Hall–Kier alpha value is -1.44. The Labute approximate surface area is 72.4 Å². The van der Waals surface area contributed by atoms with Crippen LogP contribution in [0.4, 0.5) is 0 Å². The predicted molar refractivity (Wildman–Crippen MR) is 49.0 cm³/mol. The molecule has 0 aliphatic carbocycles.